The minimum atomic E-state index is -0.474. The fourth-order valence-corrected chi connectivity index (χ4v) is 4.64. The Balaban J connectivity index is 0.000000960. The van der Waals surface area contributed by atoms with Gasteiger partial charge in [0.05, 0.1) is 8.80 Å². The summed E-state index contributed by atoms with van der Waals surface area (Å²) in [6, 6.07) is 15.8. The van der Waals surface area contributed by atoms with Crippen molar-refractivity contribution in [3.8, 4) is 0 Å². The van der Waals surface area contributed by atoms with Crippen molar-refractivity contribution in [1.82, 2.24) is 0 Å². The van der Waals surface area contributed by atoms with Gasteiger partial charge in [-0.05, 0) is 6.42 Å². The van der Waals surface area contributed by atoms with E-state index in [-0.39, 0.29) is 51.0 Å². The van der Waals surface area contributed by atoms with Crippen molar-refractivity contribution in [3.05, 3.63) is 66.3 Å². The third-order valence-corrected chi connectivity index (χ3v) is 5.92. The van der Waals surface area contributed by atoms with Gasteiger partial charge in [0.1, 0.15) is 0 Å². The molecule has 0 bridgehead atoms. The molecule has 24 heavy (non-hydrogen) atoms. The summed E-state index contributed by atoms with van der Waals surface area (Å²) < 4.78 is 0. The minimum absolute atomic E-state index is 0. The average Bonchev–Trinajstić information content (AvgIpc) is 3.13. The predicted molar refractivity (Wildman–Crippen MR) is 95.9 cm³/mol. The molecule has 4 rings (SSSR count). The van der Waals surface area contributed by atoms with Crippen molar-refractivity contribution in [2.45, 2.75) is 19.5 Å². The van der Waals surface area contributed by atoms with Gasteiger partial charge in [-0.25, -0.2) is 0 Å². The van der Waals surface area contributed by atoms with E-state index in [4.69, 9.17) is 0 Å². The summed E-state index contributed by atoms with van der Waals surface area (Å²) in [5, 5.41) is 7.15. The van der Waals surface area contributed by atoms with Gasteiger partial charge in [0, 0.05) is 0 Å². The minimum Gasteiger partial charge on any atom is -1.00 e. The number of halogens is 2. The molecular formula is C20H18Cl2SiZr. The second-order valence-corrected chi connectivity index (χ2v) is 8.54. The molecule has 4 heteroatoms. The van der Waals surface area contributed by atoms with Gasteiger partial charge >= 0.3 is 26.2 Å². The summed E-state index contributed by atoms with van der Waals surface area (Å²) in [5.74, 6) is 0. The van der Waals surface area contributed by atoms with Crippen LogP contribution in [0.4, 0.5) is 0 Å². The van der Waals surface area contributed by atoms with Crippen molar-refractivity contribution >= 4 is 41.1 Å². The average molecular weight is 449 g/mol. The van der Waals surface area contributed by atoms with Crippen LogP contribution in [0.15, 0.2) is 60.7 Å². The zero-order chi connectivity index (χ0) is 14.4. The molecule has 1 aliphatic rings. The fraction of sp³-hybridized carbons (Fsp3) is 0.150. The van der Waals surface area contributed by atoms with Crippen molar-refractivity contribution in [2.24, 2.45) is 0 Å². The second kappa shape index (κ2) is 8.72. The number of allylic oxidation sites excluding steroid dienone is 4. The van der Waals surface area contributed by atoms with Crippen molar-refractivity contribution < 1.29 is 51.0 Å². The molecule has 2 radical (unpaired) electrons. The molecule has 3 aromatic rings. The quantitative estimate of drug-likeness (QED) is 0.349. The van der Waals surface area contributed by atoms with Crippen LogP contribution in [0, 0.1) is 0 Å². The molecule has 0 fully saturated rings. The van der Waals surface area contributed by atoms with Crippen molar-refractivity contribution in [3.63, 3.8) is 0 Å². The van der Waals surface area contributed by atoms with Crippen LogP contribution in [0.3, 0.4) is 0 Å². The first kappa shape index (κ1) is 21.5. The van der Waals surface area contributed by atoms with Crippen molar-refractivity contribution in [2.75, 3.05) is 0 Å². The third-order valence-electron chi connectivity index (χ3n) is 4.43. The predicted octanol–water partition coefficient (Wildman–Crippen LogP) is -0.978. The van der Waals surface area contributed by atoms with Gasteiger partial charge in [-0.15, -0.1) is 33.7 Å². The smallest absolute Gasteiger partial charge is 1.00 e. The van der Waals surface area contributed by atoms with E-state index in [1.807, 2.05) is 0 Å². The second-order valence-electron chi connectivity index (χ2n) is 6.01. The van der Waals surface area contributed by atoms with Crippen LogP contribution in [0.25, 0.3) is 27.1 Å². The molecule has 0 atom stereocenters. The standard InChI is InChI=1S/C20H18Si.2ClH.Zr/c1-21(2)19-12-11-17-16-10-6-5-9-15(16)13-18(17)20(19)14-7-3-4-8-14;;;/h3-7,9-13H,8H2,1-2H3;2*1H;/q-1;;;+3/p-2. The molecule has 0 spiro atoms. The zero-order valence-electron chi connectivity index (χ0n) is 13.7. The zero-order valence-corrected chi connectivity index (χ0v) is 18.7. The molecule has 0 heterocycles. The van der Waals surface area contributed by atoms with Gasteiger partial charge < -0.3 is 24.8 Å². The molecule has 0 N–H and O–H groups in total. The van der Waals surface area contributed by atoms with Crippen molar-refractivity contribution in [1.29, 1.82) is 0 Å². The maximum absolute atomic E-state index is 2.39. The van der Waals surface area contributed by atoms with Crippen LogP contribution in [0.5, 0.6) is 0 Å². The number of hydrogen-bond acceptors (Lipinski definition) is 0. The Morgan fingerprint density at radius 1 is 0.958 bits per heavy atom. The molecular weight excluding hydrogens is 430 g/mol. The Kier molecular flexibility index (Phi) is 7.81. The Labute approximate surface area is 176 Å². The van der Waals surface area contributed by atoms with Gasteiger partial charge in [-0.3, -0.25) is 0 Å². The van der Waals surface area contributed by atoms with E-state index in [9.17, 15) is 0 Å². The van der Waals surface area contributed by atoms with Gasteiger partial charge in [0.25, 0.3) is 0 Å². The molecule has 0 nitrogen and oxygen atoms in total. The summed E-state index contributed by atoms with van der Waals surface area (Å²) in [6.45, 7) is 4.78. The van der Waals surface area contributed by atoms with E-state index in [0.29, 0.717) is 0 Å². The maximum atomic E-state index is 2.39. The number of fused-ring (bicyclic) bond motifs is 3. The molecule has 3 aromatic carbocycles. The summed E-state index contributed by atoms with van der Waals surface area (Å²) in [7, 11) is -0.474. The van der Waals surface area contributed by atoms with Gasteiger partial charge in [-0.1, -0.05) is 78.0 Å². The van der Waals surface area contributed by atoms with Gasteiger partial charge in [0.2, 0.25) is 0 Å². The summed E-state index contributed by atoms with van der Waals surface area (Å²) in [5.41, 5.74) is 2.99. The summed E-state index contributed by atoms with van der Waals surface area (Å²) in [6.07, 6.45) is 7.82. The Hall–Kier alpha value is -0.530. The van der Waals surface area contributed by atoms with E-state index in [1.54, 1.807) is 5.19 Å². The number of hydrogen-bond donors (Lipinski definition) is 0. The third kappa shape index (κ3) is 3.53. The van der Waals surface area contributed by atoms with Gasteiger partial charge in [0.15, 0.2) is 0 Å². The molecule has 0 aromatic heterocycles. The van der Waals surface area contributed by atoms with Crippen LogP contribution in [0.2, 0.25) is 13.1 Å². The van der Waals surface area contributed by atoms with E-state index in [0.717, 1.165) is 6.42 Å². The Bertz CT molecular complexity index is 907. The van der Waals surface area contributed by atoms with Crippen LogP contribution >= 0.6 is 0 Å². The van der Waals surface area contributed by atoms with Crippen LogP contribution in [-0.4, -0.2) is 8.80 Å². The molecule has 0 saturated heterocycles. The van der Waals surface area contributed by atoms with E-state index in [2.05, 4.69) is 73.8 Å². The van der Waals surface area contributed by atoms with E-state index < -0.39 is 8.80 Å². The molecule has 0 unspecified atom stereocenters. The fourth-order valence-electron chi connectivity index (χ4n) is 3.42. The number of rotatable bonds is 2. The van der Waals surface area contributed by atoms with Crippen LogP contribution < -0.4 is 30.0 Å². The van der Waals surface area contributed by atoms with Gasteiger partial charge in [-0.2, -0.15) is 0 Å². The Morgan fingerprint density at radius 3 is 2.38 bits per heavy atom. The van der Waals surface area contributed by atoms with E-state index in [1.165, 1.54) is 32.7 Å². The molecule has 0 amide bonds. The SMILES string of the molecule is C[Si](C)c1ccc2c([cH-]c3ccccc32)c1C1=CC=CC1.[Cl-].[Cl-].[Zr+3]. The molecule has 1 aliphatic carbocycles. The maximum Gasteiger partial charge on any atom is 3.00 e. The van der Waals surface area contributed by atoms with E-state index >= 15 is 0 Å². The molecule has 0 saturated carbocycles. The first-order chi connectivity index (χ1) is 10.3. The topological polar surface area (TPSA) is 0 Å². The first-order valence-corrected chi connectivity index (χ1v) is 10.0. The first-order valence-electron chi connectivity index (χ1n) is 7.53. The molecule has 0 aliphatic heterocycles. The number of benzene rings is 2. The summed E-state index contributed by atoms with van der Waals surface area (Å²) in [4.78, 5) is 0. The van der Waals surface area contributed by atoms with Crippen LogP contribution in [0.1, 0.15) is 12.0 Å². The normalized spacial score (nSPS) is 12.7. The van der Waals surface area contributed by atoms with Crippen LogP contribution in [-0.2, 0) is 26.2 Å². The monoisotopic (exact) mass is 446 g/mol. The Morgan fingerprint density at radius 2 is 1.71 bits per heavy atom. The summed E-state index contributed by atoms with van der Waals surface area (Å²) >= 11 is 0. The molecule has 120 valence electrons. The largest absolute Gasteiger partial charge is 3.00 e.